The molecule has 2 N–H and O–H groups in total. The third-order valence-corrected chi connectivity index (χ3v) is 5.89. The molecule has 3 rings (SSSR count). The molecule has 140 valence electrons. The van der Waals surface area contributed by atoms with Crippen LogP contribution in [0.15, 0.2) is 58.3 Å². The maximum Gasteiger partial charge on any atom is 0.256 e. The van der Waals surface area contributed by atoms with Crippen molar-refractivity contribution >= 4 is 47.4 Å². The molecule has 1 aliphatic rings. The standard InChI is InChI=1S/C19H21ClN2O2S.ClH/c1-24-19(9-11-21-12-10-19)18(23)22-14-7-8-17(16(20)13-14)25-15-5-3-2-4-6-15;/h2-8,13,21H,9-12H2,1H3,(H,22,23);1H. The van der Waals surface area contributed by atoms with E-state index in [0.717, 1.165) is 22.9 Å². The van der Waals surface area contributed by atoms with Gasteiger partial charge in [0, 0.05) is 22.6 Å². The lowest BCUT2D eigenvalue weighted by Crippen LogP contribution is -2.51. The highest BCUT2D eigenvalue weighted by Crippen LogP contribution is 2.35. The Morgan fingerprint density at radius 3 is 2.50 bits per heavy atom. The van der Waals surface area contributed by atoms with Crippen LogP contribution < -0.4 is 10.6 Å². The van der Waals surface area contributed by atoms with Crippen LogP contribution in [0.5, 0.6) is 0 Å². The summed E-state index contributed by atoms with van der Waals surface area (Å²) in [5.41, 5.74) is -0.0859. The first-order chi connectivity index (χ1) is 12.1. The number of nitrogens with one attached hydrogen (secondary N) is 2. The molecule has 1 saturated heterocycles. The van der Waals surface area contributed by atoms with E-state index in [-0.39, 0.29) is 18.3 Å². The summed E-state index contributed by atoms with van der Waals surface area (Å²) in [6.07, 6.45) is 1.32. The Kier molecular flexibility index (Phi) is 7.80. The molecule has 1 heterocycles. The van der Waals surface area contributed by atoms with Crippen LogP contribution in [0.2, 0.25) is 5.02 Å². The van der Waals surface area contributed by atoms with Crippen molar-refractivity contribution < 1.29 is 9.53 Å². The lowest BCUT2D eigenvalue weighted by atomic mass is 9.91. The number of rotatable bonds is 5. The minimum Gasteiger partial charge on any atom is -0.368 e. The lowest BCUT2D eigenvalue weighted by molar-refractivity contribution is -0.140. The Morgan fingerprint density at radius 1 is 1.19 bits per heavy atom. The SMILES string of the molecule is COC1(C(=O)Nc2ccc(Sc3ccccc3)c(Cl)c2)CCNCC1.Cl. The molecule has 0 atom stereocenters. The second kappa shape index (κ2) is 9.62. The van der Waals surface area contributed by atoms with E-state index < -0.39 is 5.60 Å². The van der Waals surface area contributed by atoms with Crippen molar-refractivity contribution in [3.63, 3.8) is 0 Å². The monoisotopic (exact) mass is 412 g/mol. The van der Waals surface area contributed by atoms with Crippen LogP contribution in [-0.2, 0) is 9.53 Å². The molecule has 2 aromatic rings. The summed E-state index contributed by atoms with van der Waals surface area (Å²) in [6, 6.07) is 15.6. The Balaban J connectivity index is 0.00000243. The van der Waals surface area contributed by atoms with Crippen LogP contribution in [0.3, 0.4) is 0 Å². The molecule has 1 fully saturated rings. The molecule has 26 heavy (non-hydrogen) atoms. The van der Waals surface area contributed by atoms with E-state index in [4.69, 9.17) is 16.3 Å². The van der Waals surface area contributed by atoms with Crippen molar-refractivity contribution in [1.82, 2.24) is 5.32 Å². The summed E-state index contributed by atoms with van der Waals surface area (Å²) < 4.78 is 5.56. The van der Waals surface area contributed by atoms with Gasteiger partial charge in [0.25, 0.3) is 5.91 Å². The van der Waals surface area contributed by atoms with Gasteiger partial charge >= 0.3 is 0 Å². The first kappa shape index (κ1) is 21.1. The fourth-order valence-electron chi connectivity index (χ4n) is 2.88. The van der Waals surface area contributed by atoms with Gasteiger partial charge in [-0.2, -0.15) is 0 Å². The molecule has 1 aliphatic heterocycles. The van der Waals surface area contributed by atoms with Gasteiger partial charge in [0.1, 0.15) is 5.60 Å². The first-order valence-electron chi connectivity index (χ1n) is 8.23. The van der Waals surface area contributed by atoms with Crippen molar-refractivity contribution in [2.75, 3.05) is 25.5 Å². The van der Waals surface area contributed by atoms with E-state index in [0.29, 0.717) is 23.6 Å². The highest BCUT2D eigenvalue weighted by molar-refractivity contribution is 7.99. The molecule has 0 aliphatic carbocycles. The molecule has 7 heteroatoms. The van der Waals surface area contributed by atoms with E-state index in [9.17, 15) is 4.79 Å². The topological polar surface area (TPSA) is 50.4 Å². The van der Waals surface area contributed by atoms with Gasteiger partial charge in [-0.1, -0.05) is 41.6 Å². The number of halogens is 2. The van der Waals surface area contributed by atoms with Crippen LogP contribution in [-0.4, -0.2) is 31.7 Å². The maximum atomic E-state index is 12.7. The summed E-state index contributed by atoms with van der Waals surface area (Å²) in [5, 5.41) is 6.81. The van der Waals surface area contributed by atoms with Crippen molar-refractivity contribution in [2.24, 2.45) is 0 Å². The van der Waals surface area contributed by atoms with Crippen LogP contribution in [0.1, 0.15) is 12.8 Å². The molecule has 0 saturated carbocycles. The summed E-state index contributed by atoms with van der Waals surface area (Å²) in [5.74, 6) is -0.115. The predicted molar refractivity (Wildman–Crippen MR) is 110 cm³/mol. The minimum absolute atomic E-state index is 0. The van der Waals surface area contributed by atoms with Crippen molar-refractivity contribution in [2.45, 2.75) is 28.2 Å². The summed E-state index contributed by atoms with van der Waals surface area (Å²) in [7, 11) is 1.59. The number of amides is 1. The number of hydrogen-bond donors (Lipinski definition) is 2. The molecule has 0 spiro atoms. The van der Waals surface area contributed by atoms with E-state index in [2.05, 4.69) is 10.6 Å². The average Bonchev–Trinajstić information content (AvgIpc) is 2.65. The Labute approximate surface area is 169 Å². The molecule has 2 aromatic carbocycles. The predicted octanol–water partition coefficient (Wildman–Crippen LogP) is 4.62. The number of methoxy groups -OCH3 is 1. The first-order valence-corrected chi connectivity index (χ1v) is 9.42. The van der Waals surface area contributed by atoms with Crippen LogP contribution >= 0.6 is 35.8 Å². The summed E-state index contributed by atoms with van der Waals surface area (Å²) in [6.45, 7) is 1.54. The van der Waals surface area contributed by atoms with Gasteiger partial charge in [0.05, 0.1) is 5.02 Å². The molecule has 0 unspecified atom stereocenters. The fraction of sp³-hybridized carbons (Fsp3) is 0.316. The maximum absolute atomic E-state index is 12.7. The third kappa shape index (κ3) is 4.93. The molecule has 1 amide bonds. The van der Waals surface area contributed by atoms with Gasteiger partial charge < -0.3 is 15.4 Å². The number of benzene rings is 2. The summed E-state index contributed by atoms with van der Waals surface area (Å²) >= 11 is 8.00. The minimum atomic E-state index is -0.769. The number of carbonyl (C=O) groups excluding carboxylic acids is 1. The largest absolute Gasteiger partial charge is 0.368 e. The zero-order valence-corrected chi connectivity index (χ0v) is 16.8. The molecule has 0 bridgehead atoms. The van der Waals surface area contributed by atoms with Gasteiger partial charge in [-0.15, -0.1) is 12.4 Å². The number of anilines is 1. The number of hydrogen-bond acceptors (Lipinski definition) is 4. The number of ether oxygens (including phenoxy) is 1. The number of piperidine rings is 1. The van der Waals surface area contributed by atoms with Crippen LogP contribution in [0, 0.1) is 0 Å². The lowest BCUT2D eigenvalue weighted by Gasteiger charge is -2.34. The molecular formula is C19H22Cl2N2O2S. The smallest absolute Gasteiger partial charge is 0.256 e. The fourth-order valence-corrected chi connectivity index (χ4v) is 4.01. The van der Waals surface area contributed by atoms with Crippen LogP contribution in [0.4, 0.5) is 5.69 Å². The van der Waals surface area contributed by atoms with Gasteiger partial charge in [-0.3, -0.25) is 4.79 Å². The van der Waals surface area contributed by atoms with Gasteiger partial charge in [-0.05, 0) is 56.3 Å². The average molecular weight is 413 g/mol. The van der Waals surface area contributed by atoms with Gasteiger partial charge in [0.15, 0.2) is 0 Å². The quantitative estimate of drug-likeness (QED) is 0.751. The highest BCUT2D eigenvalue weighted by Gasteiger charge is 2.39. The molecule has 0 radical (unpaired) electrons. The van der Waals surface area contributed by atoms with E-state index in [1.54, 1.807) is 24.9 Å². The number of carbonyl (C=O) groups is 1. The zero-order valence-electron chi connectivity index (χ0n) is 14.5. The van der Waals surface area contributed by atoms with E-state index in [1.165, 1.54) is 0 Å². The second-order valence-electron chi connectivity index (χ2n) is 5.96. The van der Waals surface area contributed by atoms with Gasteiger partial charge in [-0.25, -0.2) is 0 Å². The van der Waals surface area contributed by atoms with Crippen molar-refractivity contribution in [1.29, 1.82) is 0 Å². The van der Waals surface area contributed by atoms with Crippen molar-refractivity contribution in [3.8, 4) is 0 Å². The summed E-state index contributed by atoms with van der Waals surface area (Å²) in [4.78, 5) is 14.8. The van der Waals surface area contributed by atoms with Crippen LogP contribution in [0.25, 0.3) is 0 Å². The van der Waals surface area contributed by atoms with Gasteiger partial charge in [0.2, 0.25) is 0 Å². The molecule has 4 nitrogen and oxygen atoms in total. The van der Waals surface area contributed by atoms with Crippen molar-refractivity contribution in [3.05, 3.63) is 53.6 Å². The highest BCUT2D eigenvalue weighted by atomic mass is 35.5. The third-order valence-electron chi connectivity index (χ3n) is 4.38. The van der Waals surface area contributed by atoms with E-state index >= 15 is 0 Å². The Hall–Kier alpha value is -1.24. The molecular weight excluding hydrogens is 391 g/mol. The Bertz CT molecular complexity index is 738. The molecule has 0 aromatic heterocycles. The van der Waals surface area contributed by atoms with E-state index in [1.807, 2.05) is 42.5 Å². The zero-order chi connectivity index (χ0) is 17.7. The second-order valence-corrected chi connectivity index (χ2v) is 7.49. The Morgan fingerprint density at radius 2 is 1.88 bits per heavy atom. The normalized spacial score (nSPS) is 15.8.